The topological polar surface area (TPSA) is 44.7 Å². The summed E-state index contributed by atoms with van der Waals surface area (Å²) in [5.41, 5.74) is 2.42. The minimum atomic E-state index is -0.0951. The van der Waals surface area contributed by atoms with Crippen molar-refractivity contribution in [3.63, 3.8) is 0 Å². The third-order valence-corrected chi connectivity index (χ3v) is 2.59. The van der Waals surface area contributed by atoms with Crippen LogP contribution < -0.4 is 5.32 Å². The average Bonchev–Trinajstić information content (AvgIpc) is 2.34. The second kappa shape index (κ2) is 7.09. The molecule has 0 saturated heterocycles. The molecule has 4 nitrogen and oxygen atoms in total. The molecule has 1 unspecified atom stereocenters. The Morgan fingerprint density at radius 1 is 1.58 bits per heavy atom. The van der Waals surface area contributed by atoms with Crippen LogP contribution in [-0.4, -0.2) is 29.0 Å². The maximum Gasteiger partial charge on any atom is 0.221 e. The summed E-state index contributed by atoms with van der Waals surface area (Å²) in [5.74, 6) is -0.0951. The smallest absolute Gasteiger partial charge is 0.221 e. The van der Waals surface area contributed by atoms with Gasteiger partial charge in [-0.2, -0.15) is 5.10 Å². The predicted octanol–water partition coefficient (Wildman–Crippen LogP) is 3.32. The van der Waals surface area contributed by atoms with Crippen LogP contribution >= 0.6 is 15.9 Å². The maximum absolute atomic E-state index is 11.0. The molecule has 102 valence electrons. The molecule has 0 aliphatic heterocycles. The van der Waals surface area contributed by atoms with Gasteiger partial charge >= 0.3 is 0 Å². The number of nitrogens with zero attached hydrogens (tertiary/aromatic N) is 2. The van der Waals surface area contributed by atoms with E-state index in [0.717, 1.165) is 16.9 Å². The SMILES string of the molecule is C=C(c1cccc(NC(C)=O)c1)N(C)/N=C\C(C)Br. The van der Waals surface area contributed by atoms with Crippen molar-refractivity contribution in [2.24, 2.45) is 5.10 Å². The van der Waals surface area contributed by atoms with E-state index in [1.807, 2.05) is 38.2 Å². The van der Waals surface area contributed by atoms with Gasteiger partial charge in [-0.1, -0.05) is 34.6 Å². The first kappa shape index (κ1) is 15.4. The van der Waals surface area contributed by atoms with E-state index in [-0.39, 0.29) is 10.7 Å². The first-order valence-electron chi connectivity index (χ1n) is 5.89. The number of hydrogen-bond donors (Lipinski definition) is 1. The van der Waals surface area contributed by atoms with Crippen LogP contribution in [-0.2, 0) is 4.79 Å². The first-order chi connectivity index (χ1) is 8.90. The molecule has 1 atom stereocenters. The van der Waals surface area contributed by atoms with Crippen molar-refractivity contribution in [3.8, 4) is 0 Å². The van der Waals surface area contributed by atoms with Crippen molar-refractivity contribution in [2.45, 2.75) is 18.7 Å². The number of benzene rings is 1. The van der Waals surface area contributed by atoms with E-state index in [4.69, 9.17) is 0 Å². The lowest BCUT2D eigenvalue weighted by molar-refractivity contribution is -0.114. The summed E-state index contributed by atoms with van der Waals surface area (Å²) < 4.78 is 0. The Bertz CT molecular complexity index is 497. The van der Waals surface area contributed by atoms with E-state index in [9.17, 15) is 4.79 Å². The van der Waals surface area contributed by atoms with Crippen molar-refractivity contribution < 1.29 is 4.79 Å². The Labute approximate surface area is 122 Å². The Morgan fingerprint density at radius 2 is 2.26 bits per heavy atom. The number of carbonyl (C=O) groups excluding carboxylic acids is 1. The van der Waals surface area contributed by atoms with Gasteiger partial charge in [0.15, 0.2) is 0 Å². The molecule has 0 heterocycles. The molecule has 1 aromatic carbocycles. The van der Waals surface area contributed by atoms with Crippen LogP contribution in [0.1, 0.15) is 19.4 Å². The molecule has 0 spiro atoms. The van der Waals surface area contributed by atoms with Gasteiger partial charge in [-0.25, -0.2) is 0 Å². The number of hydrogen-bond acceptors (Lipinski definition) is 3. The highest BCUT2D eigenvalue weighted by Crippen LogP contribution is 2.20. The summed E-state index contributed by atoms with van der Waals surface area (Å²) in [5, 5.41) is 8.71. The highest BCUT2D eigenvalue weighted by molar-refractivity contribution is 9.09. The molecule has 0 aliphatic rings. The van der Waals surface area contributed by atoms with Crippen LogP contribution in [0.15, 0.2) is 35.9 Å². The van der Waals surface area contributed by atoms with Crippen LogP contribution in [0.3, 0.4) is 0 Å². The monoisotopic (exact) mass is 323 g/mol. The summed E-state index contributed by atoms with van der Waals surface area (Å²) in [6, 6.07) is 7.50. The van der Waals surface area contributed by atoms with Gasteiger partial charge < -0.3 is 5.32 Å². The number of rotatable bonds is 5. The van der Waals surface area contributed by atoms with Gasteiger partial charge in [-0.05, 0) is 19.1 Å². The van der Waals surface area contributed by atoms with Gasteiger partial charge in [0.25, 0.3) is 0 Å². The number of alkyl halides is 1. The largest absolute Gasteiger partial charge is 0.326 e. The third kappa shape index (κ3) is 5.26. The van der Waals surface area contributed by atoms with Crippen LogP contribution in [0.4, 0.5) is 5.69 Å². The summed E-state index contributed by atoms with van der Waals surface area (Å²) >= 11 is 3.39. The van der Waals surface area contributed by atoms with Crippen molar-refractivity contribution >= 4 is 39.4 Å². The number of nitrogens with one attached hydrogen (secondary N) is 1. The second-order valence-electron chi connectivity index (χ2n) is 4.17. The molecule has 5 heteroatoms. The molecule has 0 aromatic heterocycles. The Hall–Kier alpha value is -1.62. The van der Waals surface area contributed by atoms with Crippen LogP contribution in [0.5, 0.6) is 0 Å². The van der Waals surface area contributed by atoms with Crippen LogP contribution in [0.25, 0.3) is 5.70 Å². The van der Waals surface area contributed by atoms with Gasteiger partial charge in [0.2, 0.25) is 5.91 Å². The molecule has 1 amide bonds. The standard InChI is InChI=1S/C14H18BrN3O/c1-10(15)9-16-18(4)11(2)13-6-5-7-14(8-13)17-12(3)19/h5-10H,2H2,1,3-4H3,(H,17,19)/b16-9-. The minimum Gasteiger partial charge on any atom is -0.326 e. The maximum atomic E-state index is 11.0. The number of carbonyl (C=O) groups is 1. The molecule has 1 N–H and O–H groups in total. The van der Waals surface area contributed by atoms with Gasteiger partial charge in [0.05, 0.1) is 5.70 Å². The zero-order chi connectivity index (χ0) is 14.4. The molecule has 0 radical (unpaired) electrons. The van der Waals surface area contributed by atoms with Gasteiger partial charge in [-0.3, -0.25) is 9.80 Å². The molecule has 19 heavy (non-hydrogen) atoms. The van der Waals surface area contributed by atoms with Gasteiger partial charge in [0, 0.05) is 36.3 Å². The summed E-state index contributed by atoms with van der Waals surface area (Å²) in [7, 11) is 1.83. The molecule has 0 fully saturated rings. The summed E-state index contributed by atoms with van der Waals surface area (Å²) in [6.45, 7) is 7.47. The zero-order valence-electron chi connectivity index (χ0n) is 11.4. The van der Waals surface area contributed by atoms with Crippen molar-refractivity contribution in [1.29, 1.82) is 0 Å². The summed E-state index contributed by atoms with van der Waals surface area (Å²) in [6.07, 6.45) is 1.78. The molecule has 0 saturated carbocycles. The lowest BCUT2D eigenvalue weighted by atomic mass is 10.1. The van der Waals surface area contributed by atoms with Gasteiger partial charge in [-0.15, -0.1) is 0 Å². The number of amides is 1. The molecule has 1 rings (SSSR count). The lowest BCUT2D eigenvalue weighted by Gasteiger charge is -2.17. The highest BCUT2D eigenvalue weighted by Gasteiger charge is 2.05. The first-order valence-corrected chi connectivity index (χ1v) is 6.80. The zero-order valence-corrected chi connectivity index (χ0v) is 12.9. The van der Waals surface area contributed by atoms with Crippen molar-refractivity contribution in [2.75, 3.05) is 12.4 Å². The number of anilines is 1. The average molecular weight is 324 g/mol. The number of hydrazone groups is 1. The highest BCUT2D eigenvalue weighted by atomic mass is 79.9. The molecule has 0 bridgehead atoms. The van der Waals surface area contributed by atoms with E-state index < -0.39 is 0 Å². The minimum absolute atomic E-state index is 0.0951. The summed E-state index contributed by atoms with van der Waals surface area (Å²) in [4.78, 5) is 11.2. The fourth-order valence-corrected chi connectivity index (χ4v) is 1.53. The van der Waals surface area contributed by atoms with E-state index in [1.165, 1.54) is 6.92 Å². The van der Waals surface area contributed by atoms with Crippen LogP contribution in [0, 0.1) is 0 Å². The normalized spacial score (nSPS) is 12.2. The Morgan fingerprint density at radius 3 is 2.84 bits per heavy atom. The van der Waals surface area contributed by atoms with Crippen molar-refractivity contribution in [1.82, 2.24) is 5.01 Å². The lowest BCUT2D eigenvalue weighted by Crippen LogP contribution is -2.11. The quantitative estimate of drug-likeness (QED) is 0.513. The van der Waals surface area contributed by atoms with E-state index >= 15 is 0 Å². The molecule has 1 aromatic rings. The van der Waals surface area contributed by atoms with E-state index in [0.29, 0.717) is 0 Å². The second-order valence-corrected chi connectivity index (χ2v) is 5.62. The Balaban J connectivity index is 2.84. The van der Waals surface area contributed by atoms with Gasteiger partial charge in [0.1, 0.15) is 0 Å². The molecular weight excluding hydrogens is 306 g/mol. The fourth-order valence-electron chi connectivity index (χ4n) is 1.43. The van der Waals surface area contributed by atoms with E-state index in [2.05, 4.69) is 32.9 Å². The fraction of sp³-hybridized carbons (Fsp3) is 0.286. The van der Waals surface area contributed by atoms with Crippen molar-refractivity contribution in [3.05, 3.63) is 36.4 Å². The third-order valence-electron chi connectivity index (χ3n) is 2.35. The molecular formula is C14H18BrN3O. The number of halogens is 1. The Kier molecular flexibility index (Phi) is 5.76. The molecule has 0 aliphatic carbocycles. The van der Waals surface area contributed by atoms with Crippen LogP contribution in [0.2, 0.25) is 0 Å². The van der Waals surface area contributed by atoms with E-state index in [1.54, 1.807) is 11.2 Å². The predicted molar refractivity (Wildman–Crippen MR) is 84.4 cm³/mol.